The van der Waals surface area contributed by atoms with Gasteiger partial charge in [0.15, 0.2) is 5.96 Å². The molecule has 0 saturated carbocycles. The van der Waals surface area contributed by atoms with Crippen molar-refractivity contribution in [3.05, 3.63) is 0 Å². The van der Waals surface area contributed by atoms with Crippen molar-refractivity contribution in [3.8, 4) is 0 Å². The Morgan fingerprint density at radius 2 is 1.95 bits per heavy atom. The van der Waals surface area contributed by atoms with E-state index < -0.39 is 0 Å². The number of ether oxygens (including phenoxy) is 2. The van der Waals surface area contributed by atoms with Crippen molar-refractivity contribution in [1.82, 2.24) is 15.5 Å². The summed E-state index contributed by atoms with van der Waals surface area (Å²) >= 11 is 0. The van der Waals surface area contributed by atoms with Crippen LogP contribution in [-0.4, -0.2) is 77.1 Å². The maximum atomic E-state index is 5.49. The van der Waals surface area contributed by atoms with Crippen molar-refractivity contribution in [3.63, 3.8) is 0 Å². The minimum Gasteiger partial charge on any atom is -0.383 e. The summed E-state index contributed by atoms with van der Waals surface area (Å²) < 4.78 is 10.5. The molecule has 1 rings (SSSR count). The molecule has 1 saturated heterocycles. The van der Waals surface area contributed by atoms with Crippen molar-refractivity contribution in [2.75, 3.05) is 60.7 Å². The largest absolute Gasteiger partial charge is 0.383 e. The molecule has 0 aromatic rings. The van der Waals surface area contributed by atoms with Crippen molar-refractivity contribution in [2.24, 2.45) is 4.99 Å². The highest BCUT2D eigenvalue weighted by Gasteiger charge is 2.34. The van der Waals surface area contributed by atoms with Gasteiger partial charge >= 0.3 is 0 Å². The molecule has 7 heteroatoms. The first-order chi connectivity index (χ1) is 9.64. The van der Waals surface area contributed by atoms with Gasteiger partial charge in [-0.25, -0.2) is 0 Å². The normalized spacial score (nSPS) is 18.2. The number of aliphatic imine (C=N–C) groups is 1. The standard InChI is InChI=1S/C14H30N4O2.HI/c1-5-15-13(16-8-11-19-4)17-12-14(18(2)3)6-9-20-10-7-14;/h5-12H2,1-4H3,(H2,15,16,17);1H. The molecule has 21 heavy (non-hydrogen) atoms. The zero-order valence-corrected chi connectivity index (χ0v) is 16.1. The summed E-state index contributed by atoms with van der Waals surface area (Å²) in [4.78, 5) is 7.03. The van der Waals surface area contributed by atoms with Gasteiger partial charge in [-0.3, -0.25) is 4.99 Å². The summed E-state index contributed by atoms with van der Waals surface area (Å²) in [6.45, 7) is 6.80. The van der Waals surface area contributed by atoms with Crippen LogP contribution in [0.3, 0.4) is 0 Å². The molecule has 0 unspecified atom stereocenters. The van der Waals surface area contributed by atoms with Gasteiger partial charge in [0.25, 0.3) is 0 Å². The highest BCUT2D eigenvalue weighted by Crippen LogP contribution is 2.26. The molecule has 1 fully saturated rings. The third kappa shape index (κ3) is 7.12. The van der Waals surface area contributed by atoms with Crippen LogP contribution in [0.2, 0.25) is 0 Å². The van der Waals surface area contributed by atoms with Crippen LogP contribution in [0.4, 0.5) is 0 Å². The molecule has 0 radical (unpaired) electrons. The number of guanidine groups is 1. The Bertz CT molecular complexity index is 295. The van der Waals surface area contributed by atoms with Gasteiger partial charge in [-0.05, 0) is 33.9 Å². The summed E-state index contributed by atoms with van der Waals surface area (Å²) in [6, 6.07) is 0. The predicted molar refractivity (Wildman–Crippen MR) is 97.7 cm³/mol. The van der Waals surface area contributed by atoms with E-state index in [-0.39, 0.29) is 29.5 Å². The van der Waals surface area contributed by atoms with E-state index in [1.54, 1.807) is 7.11 Å². The van der Waals surface area contributed by atoms with E-state index >= 15 is 0 Å². The maximum absolute atomic E-state index is 5.49. The maximum Gasteiger partial charge on any atom is 0.191 e. The second kappa shape index (κ2) is 11.4. The van der Waals surface area contributed by atoms with Gasteiger partial charge < -0.3 is 25.0 Å². The number of nitrogens with zero attached hydrogens (tertiary/aromatic N) is 2. The Hall–Kier alpha value is -0.120. The monoisotopic (exact) mass is 414 g/mol. The molecular weight excluding hydrogens is 383 g/mol. The lowest BCUT2D eigenvalue weighted by molar-refractivity contribution is -0.00255. The number of halogens is 1. The Morgan fingerprint density at radius 1 is 1.29 bits per heavy atom. The zero-order chi connectivity index (χ0) is 14.8. The van der Waals surface area contributed by atoms with Crippen molar-refractivity contribution >= 4 is 29.9 Å². The fourth-order valence-electron chi connectivity index (χ4n) is 2.34. The molecule has 0 aliphatic carbocycles. The first-order valence-electron chi connectivity index (χ1n) is 7.41. The molecule has 0 bridgehead atoms. The van der Waals surface area contributed by atoms with E-state index in [1.165, 1.54) is 0 Å². The summed E-state index contributed by atoms with van der Waals surface area (Å²) in [5.74, 6) is 0.859. The van der Waals surface area contributed by atoms with Crippen molar-refractivity contribution < 1.29 is 9.47 Å². The number of nitrogens with one attached hydrogen (secondary N) is 2. The van der Waals surface area contributed by atoms with E-state index in [4.69, 9.17) is 14.5 Å². The summed E-state index contributed by atoms with van der Waals surface area (Å²) in [5.41, 5.74) is 0.113. The van der Waals surface area contributed by atoms with E-state index in [1.807, 2.05) is 0 Å². The molecule has 0 aromatic carbocycles. The van der Waals surface area contributed by atoms with Crippen molar-refractivity contribution in [1.29, 1.82) is 0 Å². The zero-order valence-electron chi connectivity index (χ0n) is 13.8. The Balaban J connectivity index is 0.00000400. The topological polar surface area (TPSA) is 58.1 Å². The third-order valence-electron chi connectivity index (χ3n) is 3.85. The minimum absolute atomic E-state index is 0. The third-order valence-corrected chi connectivity index (χ3v) is 3.85. The Kier molecular flexibility index (Phi) is 11.4. The van der Waals surface area contributed by atoms with Crippen LogP contribution in [0, 0.1) is 0 Å². The van der Waals surface area contributed by atoms with Gasteiger partial charge in [0.2, 0.25) is 0 Å². The summed E-state index contributed by atoms with van der Waals surface area (Å²) in [7, 11) is 5.97. The number of rotatable bonds is 7. The molecule has 0 amide bonds. The SMILES string of the molecule is CCNC(=NCC1(N(C)C)CCOCC1)NCCOC.I. The molecule has 126 valence electrons. The molecule has 1 aliphatic rings. The number of methoxy groups -OCH3 is 1. The van der Waals surface area contributed by atoms with Crippen LogP contribution in [0.15, 0.2) is 4.99 Å². The number of likely N-dealkylation sites (N-methyl/N-ethyl adjacent to an activating group) is 1. The van der Waals surface area contributed by atoms with Crippen molar-refractivity contribution in [2.45, 2.75) is 25.3 Å². The summed E-state index contributed by atoms with van der Waals surface area (Å²) in [6.07, 6.45) is 2.06. The molecule has 1 heterocycles. The lowest BCUT2D eigenvalue weighted by Crippen LogP contribution is -2.51. The van der Waals surface area contributed by atoms with E-state index in [0.29, 0.717) is 6.61 Å². The van der Waals surface area contributed by atoms with Gasteiger partial charge in [-0.15, -0.1) is 24.0 Å². The molecule has 0 aromatic heterocycles. The first kappa shape index (κ1) is 20.9. The Morgan fingerprint density at radius 3 is 2.48 bits per heavy atom. The minimum atomic E-state index is 0. The molecule has 1 aliphatic heterocycles. The van der Waals surface area contributed by atoms with Gasteiger partial charge in [0.05, 0.1) is 13.2 Å². The van der Waals surface area contributed by atoms with E-state index in [0.717, 1.165) is 51.6 Å². The predicted octanol–water partition coefficient (Wildman–Crippen LogP) is 0.917. The number of hydrogen-bond acceptors (Lipinski definition) is 4. The second-order valence-corrected chi connectivity index (χ2v) is 5.35. The fraction of sp³-hybridized carbons (Fsp3) is 0.929. The van der Waals surface area contributed by atoms with Crippen LogP contribution >= 0.6 is 24.0 Å². The van der Waals surface area contributed by atoms with Gasteiger partial charge in [-0.2, -0.15) is 0 Å². The Labute approximate surface area is 146 Å². The molecule has 0 spiro atoms. The van der Waals surface area contributed by atoms with Gasteiger partial charge in [0, 0.05) is 39.0 Å². The van der Waals surface area contributed by atoms with Crippen LogP contribution in [0.25, 0.3) is 0 Å². The fourth-order valence-corrected chi connectivity index (χ4v) is 2.34. The average molecular weight is 414 g/mol. The van der Waals surface area contributed by atoms with Gasteiger partial charge in [-0.1, -0.05) is 0 Å². The molecule has 2 N–H and O–H groups in total. The van der Waals surface area contributed by atoms with E-state index in [9.17, 15) is 0 Å². The first-order valence-corrected chi connectivity index (χ1v) is 7.41. The van der Waals surface area contributed by atoms with Crippen LogP contribution < -0.4 is 10.6 Å². The smallest absolute Gasteiger partial charge is 0.191 e. The van der Waals surface area contributed by atoms with Crippen LogP contribution in [0.1, 0.15) is 19.8 Å². The van der Waals surface area contributed by atoms with E-state index in [2.05, 4.69) is 36.6 Å². The quantitative estimate of drug-likeness (QED) is 0.281. The summed E-state index contributed by atoms with van der Waals surface area (Å²) in [5, 5.41) is 6.55. The molecular formula is C14H31IN4O2. The van der Waals surface area contributed by atoms with Gasteiger partial charge in [0.1, 0.15) is 0 Å². The molecule has 0 atom stereocenters. The highest BCUT2D eigenvalue weighted by atomic mass is 127. The van der Waals surface area contributed by atoms with Crippen LogP contribution in [-0.2, 0) is 9.47 Å². The molecule has 6 nitrogen and oxygen atoms in total. The highest BCUT2D eigenvalue weighted by molar-refractivity contribution is 14.0. The lowest BCUT2D eigenvalue weighted by Gasteiger charge is -2.41. The lowest BCUT2D eigenvalue weighted by atomic mass is 9.89. The average Bonchev–Trinajstić information content (AvgIpc) is 2.46. The van der Waals surface area contributed by atoms with Crippen LogP contribution in [0.5, 0.6) is 0 Å². The second-order valence-electron chi connectivity index (χ2n) is 5.35. The number of hydrogen-bond donors (Lipinski definition) is 2.